The fourth-order valence-corrected chi connectivity index (χ4v) is 3.32. The SMILES string of the molecule is Cc1ccc(Cl)cc1NCN1C(=O)SC(=Cc2ccc(O)cc2)C1=O. The van der Waals surface area contributed by atoms with Gasteiger partial charge in [-0.1, -0.05) is 29.8 Å². The van der Waals surface area contributed by atoms with Gasteiger partial charge in [-0.25, -0.2) is 0 Å². The van der Waals surface area contributed by atoms with Gasteiger partial charge in [-0.05, 0) is 60.2 Å². The number of nitrogens with one attached hydrogen (secondary N) is 1. The van der Waals surface area contributed by atoms with Gasteiger partial charge in [-0.2, -0.15) is 0 Å². The van der Waals surface area contributed by atoms with Gasteiger partial charge in [0.1, 0.15) is 5.75 Å². The zero-order valence-corrected chi connectivity index (χ0v) is 14.9. The molecule has 1 aliphatic rings. The van der Waals surface area contributed by atoms with E-state index in [1.54, 1.807) is 30.3 Å². The molecule has 0 unspecified atom stereocenters. The van der Waals surface area contributed by atoms with E-state index in [-0.39, 0.29) is 23.6 Å². The summed E-state index contributed by atoms with van der Waals surface area (Å²) in [6.45, 7) is 1.98. The van der Waals surface area contributed by atoms with Gasteiger partial charge in [0.15, 0.2) is 0 Å². The summed E-state index contributed by atoms with van der Waals surface area (Å²) in [5, 5.41) is 12.6. The molecule has 2 N–H and O–H groups in total. The van der Waals surface area contributed by atoms with Crippen molar-refractivity contribution in [3.63, 3.8) is 0 Å². The Hall–Kier alpha value is -2.44. The van der Waals surface area contributed by atoms with Crippen molar-refractivity contribution in [2.45, 2.75) is 6.92 Å². The molecule has 2 amide bonds. The minimum Gasteiger partial charge on any atom is -0.508 e. The van der Waals surface area contributed by atoms with Crippen LogP contribution in [0.5, 0.6) is 5.75 Å². The zero-order valence-electron chi connectivity index (χ0n) is 13.3. The van der Waals surface area contributed by atoms with Crippen LogP contribution in [0.4, 0.5) is 10.5 Å². The van der Waals surface area contributed by atoms with Crippen LogP contribution < -0.4 is 5.32 Å². The topological polar surface area (TPSA) is 69.6 Å². The second kappa shape index (κ2) is 7.21. The van der Waals surface area contributed by atoms with Crippen molar-refractivity contribution >= 4 is 46.3 Å². The third-order valence-electron chi connectivity index (χ3n) is 3.69. The Kier molecular flexibility index (Phi) is 5.01. The van der Waals surface area contributed by atoms with Crippen LogP contribution >= 0.6 is 23.4 Å². The monoisotopic (exact) mass is 374 g/mol. The van der Waals surface area contributed by atoms with Gasteiger partial charge in [0.25, 0.3) is 11.1 Å². The second-order valence-electron chi connectivity index (χ2n) is 5.50. The lowest BCUT2D eigenvalue weighted by Crippen LogP contribution is -2.33. The summed E-state index contributed by atoms with van der Waals surface area (Å²) in [6.07, 6.45) is 1.63. The van der Waals surface area contributed by atoms with Gasteiger partial charge in [-0.3, -0.25) is 14.5 Å². The third kappa shape index (κ3) is 3.97. The van der Waals surface area contributed by atoms with E-state index < -0.39 is 0 Å². The van der Waals surface area contributed by atoms with Crippen LogP contribution in [-0.4, -0.2) is 27.8 Å². The Balaban J connectivity index is 1.73. The number of aryl methyl sites for hydroxylation is 1. The summed E-state index contributed by atoms with van der Waals surface area (Å²) in [4.78, 5) is 26.1. The normalized spacial score (nSPS) is 15.9. The molecule has 25 heavy (non-hydrogen) atoms. The number of anilines is 1. The Labute approximate surface area is 154 Å². The van der Waals surface area contributed by atoms with Crippen LogP contribution in [-0.2, 0) is 4.79 Å². The fourth-order valence-electron chi connectivity index (χ4n) is 2.31. The summed E-state index contributed by atoms with van der Waals surface area (Å²) in [5.74, 6) is -0.207. The summed E-state index contributed by atoms with van der Waals surface area (Å²) in [7, 11) is 0. The Morgan fingerprint density at radius 3 is 2.64 bits per heavy atom. The Morgan fingerprint density at radius 2 is 1.92 bits per heavy atom. The highest BCUT2D eigenvalue weighted by Crippen LogP contribution is 2.32. The van der Waals surface area contributed by atoms with Crippen LogP contribution in [0, 0.1) is 6.92 Å². The molecule has 2 aromatic rings. The van der Waals surface area contributed by atoms with Crippen LogP contribution in [0.2, 0.25) is 5.02 Å². The predicted octanol–water partition coefficient (Wildman–Crippen LogP) is 4.46. The molecule has 7 heteroatoms. The number of carbonyl (C=O) groups is 2. The number of thioether (sulfide) groups is 1. The molecule has 128 valence electrons. The molecule has 1 saturated heterocycles. The van der Waals surface area contributed by atoms with Crippen molar-refractivity contribution in [1.29, 1.82) is 0 Å². The van der Waals surface area contributed by atoms with Crippen molar-refractivity contribution in [2.24, 2.45) is 0 Å². The lowest BCUT2D eigenvalue weighted by molar-refractivity contribution is -0.122. The van der Waals surface area contributed by atoms with Crippen molar-refractivity contribution in [2.75, 3.05) is 12.0 Å². The van der Waals surface area contributed by atoms with E-state index in [1.807, 2.05) is 13.0 Å². The average Bonchev–Trinajstić information content (AvgIpc) is 2.84. The second-order valence-corrected chi connectivity index (χ2v) is 6.93. The van der Waals surface area contributed by atoms with E-state index in [0.717, 1.165) is 33.5 Å². The largest absolute Gasteiger partial charge is 0.508 e. The third-order valence-corrected chi connectivity index (χ3v) is 4.83. The molecule has 0 bridgehead atoms. The standard InChI is InChI=1S/C18H15ClN2O3S/c1-11-2-5-13(19)9-15(11)20-10-21-17(23)16(25-18(21)24)8-12-3-6-14(22)7-4-12/h2-9,20,22H,10H2,1H3. The Morgan fingerprint density at radius 1 is 1.20 bits per heavy atom. The number of hydrogen-bond donors (Lipinski definition) is 2. The number of benzene rings is 2. The quantitative estimate of drug-likeness (QED) is 0.773. The number of aromatic hydroxyl groups is 1. The predicted molar refractivity (Wildman–Crippen MR) is 101 cm³/mol. The van der Waals surface area contributed by atoms with Crippen LogP contribution in [0.3, 0.4) is 0 Å². The molecule has 0 saturated carbocycles. The number of phenols is 1. The van der Waals surface area contributed by atoms with Crippen LogP contribution in [0.25, 0.3) is 6.08 Å². The number of hydrogen-bond acceptors (Lipinski definition) is 5. The molecule has 1 heterocycles. The van der Waals surface area contributed by atoms with E-state index in [2.05, 4.69) is 5.32 Å². The van der Waals surface area contributed by atoms with Gasteiger partial charge in [0.05, 0.1) is 11.6 Å². The van der Waals surface area contributed by atoms with Gasteiger partial charge in [0, 0.05) is 10.7 Å². The molecule has 0 aliphatic carbocycles. The smallest absolute Gasteiger partial charge is 0.295 e. The van der Waals surface area contributed by atoms with Crippen LogP contribution in [0.1, 0.15) is 11.1 Å². The zero-order chi connectivity index (χ0) is 18.0. The molecule has 3 rings (SSSR count). The van der Waals surface area contributed by atoms with Gasteiger partial charge in [-0.15, -0.1) is 0 Å². The summed E-state index contributed by atoms with van der Waals surface area (Å²) in [6, 6.07) is 11.8. The first kappa shape index (κ1) is 17.4. The number of halogens is 1. The highest BCUT2D eigenvalue weighted by molar-refractivity contribution is 8.18. The molecule has 0 spiro atoms. The molecule has 2 aromatic carbocycles. The first-order valence-corrected chi connectivity index (χ1v) is 8.68. The van der Waals surface area contributed by atoms with E-state index in [9.17, 15) is 14.7 Å². The van der Waals surface area contributed by atoms with Crippen LogP contribution in [0.15, 0.2) is 47.4 Å². The highest BCUT2D eigenvalue weighted by Gasteiger charge is 2.34. The molecule has 0 atom stereocenters. The minimum atomic E-state index is -0.352. The highest BCUT2D eigenvalue weighted by atomic mass is 35.5. The summed E-state index contributed by atoms with van der Waals surface area (Å²) < 4.78 is 0. The maximum absolute atomic E-state index is 12.5. The van der Waals surface area contributed by atoms with Crippen molar-refractivity contribution in [1.82, 2.24) is 4.90 Å². The Bertz CT molecular complexity index is 865. The molecule has 0 radical (unpaired) electrons. The van der Waals surface area contributed by atoms with Crippen molar-refractivity contribution in [3.05, 3.63) is 63.5 Å². The maximum atomic E-state index is 12.5. The lowest BCUT2D eigenvalue weighted by Gasteiger charge is -2.16. The van der Waals surface area contributed by atoms with Gasteiger partial charge < -0.3 is 10.4 Å². The number of phenolic OH excluding ortho intramolecular Hbond substituents is 1. The number of rotatable bonds is 4. The van der Waals surface area contributed by atoms with E-state index >= 15 is 0 Å². The van der Waals surface area contributed by atoms with E-state index in [4.69, 9.17) is 11.6 Å². The molecule has 1 aliphatic heterocycles. The van der Waals surface area contributed by atoms with Crippen molar-refractivity contribution in [3.8, 4) is 5.75 Å². The summed E-state index contributed by atoms with van der Waals surface area (Å²) >= 11 is 6.87. The van der Waals surface area contributed by atoms with Gasteiger partial charge in [0.2, 0.25) is 0 Å². The number of carbonyl (C=O) groups excluding carboxylic acids is 2. The molecule has 5 nitrogen and oxygen atoms in total. The lowest BCUT2D eigenvalue weighted by atomic mass is 10.2. The van der Waals surface area contributed by atoms with E-state index in [0.29, 0.717) is 9.93 Å². The first-order chi connectivity index (χ1) is 11.9. The number of nitrogens with zero attached hydrogens (tertiary/aromatic N) is 1. The minimum absolute atomic E-state index is 0.0682. The summed E-state index contributed by atoms with van der Waals surface area (Å²) in [5.41, 5.74) is 2.48. The average molecular weight is 375 g/mol. The molecular weight excluding hydrogens is 360 g/mol. The number of imide groups is 1. The molecule has 1 fully saturated rings. The molecular formula is C18H15ClN2O3S. The van der Waals surface area contributed by atoms with E-state index in [1.165, 1.54) is 12.1 Å². The number of amides is 2. The first-order valence-electron chi connectivity index (χ1n) is 7.48. The maximum Gasteiger partial charge on any atom is 0.295 e. The van der Waals surface area contributed by atoms with Gasteiger partial charge >= 0.3 is 0 Å². The van der Waals surface area contributed by atoms with Crippen molar-refractivity contribution < 1.29 is 14.7 Å². The molecule has 0 aromatic heterocycles. The fraction of sp³-hybridized carbons (Fsp3) is 0.111.